The zero-order valence-electron chi connectivity index (χ0n) is 17.6. The van der Waals surface area contributed by atoms with Crippen LogP contribution in [0.1, 0.15) is 47.5 Å². The summed E-state index contributed by atoms with van der Waals surface area (Å²) in [7, 11) is 1.25. The highest BCUT2D eigenvalue weighted by molar-refractivity contribution is 5.92. The minimum atomic E-state index is -1.58. The molecule has 5 atom stereocenters. The summed E-state index contributed by atoms with van der Waals surface area (Å²) in [5.41, 5.74) is -2.32. The predicted octanol–water partition coefficient (Wildman–Crippen LogP) is 1.05. The van der Waals surface area contributed by atoms with Gasteiger partial charge >= 0.3 is 12.1 Å². The van der Waals surface area contributed by atoms with Crippen molar-refractivity contribution in [1.29, 1.82) is 0 Å². The van der Waals surface area contributed by atoms with Crippen LogP contribution in [0.4, 0.5) is 4.79 Å². The van der Waals surface area contributed by atoms with Crippen LogP contribution in [0.25, 0.3) is 0 Å². The van der Waals surface area contributed by atoms with Crippen molar-refractivity contribution < 1.29 is 42.8 Å². The van der Waals surface area contributed by atoms with Crippen LogP contribution in [0.15, 0.2) is 0 Å². The fourth-order valence-corrected chi connectivity index (χ4v) is 3.97. The van der Waals surface area contributed by atoms with Gasteiger partial charge in [-0.15, -0.1) is 0 Å². The largest absolute Gasteiger partial charge is 0.469 e. The standard InChI is InChI=1S/C19H29NO9/c1-17(2,3)28-16(23)20-13-10-9-25-15(26-10)14-19(13,29-18(4,5)27-14)11(21)7-8-12(22)24-6/h10,13-15H,7-9H2,1-6H3,(H,20,23)/t10-,13-,14-,15-,19+/m1/s1. The van der Waals surface area contributed by atoms with Crippen LogP contribution in [0.5, 0.6) is 0 Å². The van der Waals surface area contributed by atoms with Gasteiger partial charge in [-0.3, -0.25) is 9.59 Å². The molecule has 0 aromatic rings. The molecule has 0 aromatic carbocycles. The van der Waals surface area contributed by atoms with Crippen LogP contribution in [-0.4, -0.2) is 73.1 Å². The highest BCUT2D eigenvalue weighted by Crippen LogP contribution is 2.49. The van der Waals surface area contributed by atoms with E-state index in [0.717, 1.165) is 0 Å². The summed E-state index contributed by atoms with van der Waals surface area (Å²) in [5, 5.41) is 2.73. The maximum atomic E-state index is 13.4. The monoisotopic (exact) mass is 415 g/mol. The minimum Gasteiger partial charge on any atom is -0.469 e. The molecule has 0 unspecified atom stereocenters. The second-order valence-electron chi connectivity index (χ2n) is 8.83. The number of carbonyl (C=O) groups is 3. The maximum absolute atomic E-state index is 13.4. The lowest BCUT2D eigenvalue weighted by Gasteiger charge is -2.44. The molecule has 10 nitrogen and oxygen atoms in total. The first kappa shape index (κ1) is 21.9. The van der Waals surface area contributed by atoms with Crippen LogP contribution in [0.3, 0.4) is 0 Å². The van der Waals surface area contributed by atoms with E-state index in [0.29, 0.717) is 0 Å². The Balaban J connectivity index is 1.93. The molecule has 1 amide bonds. The fraction of sp³-hybridized carbons (Fsp3) is 0.842. The SMILES string of the molecule is COC(=O)CCC(=O)[C@@]12OC(C)(C)O[C@@H]1[C@@H]1OC[C@@H](O1)[C@H]2NC(=O)OC(C)(C)C. The van der Waals surface area contributed by atoms with E-state index >= 15 is 0 Å². The van der Waals surface area contributed by atoms with Gasteiger partial charge in [-0.25, -0.2) is 4.79 Å². The first-order valence-electron chi connectivity index (χ1n) is 9.62. The van der Waals surface area contributed by atoms with E-state index in [1.807, 2.05) is 0 Å². The predicted molar refractivity (Wildman–Crippen MR) is 96.8 cm³/mol. The van der Waals surface area contributed by atoms with Crippen LogP contribution >= 0.6 is 0 Å². The number of amides is 1. The van der Waals surface area contributed by atoms with Gasteiger partial charge in [0.25, 0.3) is 0 Å². The van der Waals surface area contributed by atoms with E-state index in [2.05, 4.69) is 10.1 Å². The van der Waals surface area contributed by atoms with Crippen molar-refractivity contribution >= 4 is 17.8 Å². The number of alkyl carbamates (subject to hydrolysis) is 1. The number of ketones is 1. The number of esters is 1. The number of fused-ring (bicyclic) bond motifs is 4. The Morgan fingerprint density at radius 1 is 1.17 bits per heavy atom. The molecule has 3 heterocycles. The zero-order chi connectivity index (χ0) is 21.6. The second kappa shape index (κ2) is 7.50. The van der Waals surface area contributed by atoms with Gasteiger partial charge < -0.3 is 33.7 Å². The van der Waals surface area contributed by atoms with Gasteiger partial charge in [-0.1, -0.05) is 0 Å². The summed E-state index contributed by atoms with van der Waals surface area (Å²) < 4.78 is 33.6. The highest BCUT2D eigenvalue weighted by Gasteiger charge is 2.71. The molecule has 0 saturated carbocycles. The van der Waals surface area contributed by atoms with Gasteiger partial charge in [-0.05, 0) is 34.6 Å². The summed E-state index contributed by atoms with van der Waals surface area (Å²) in [6.45, 7) is 8.68. The number of carbonyl (C=O) groups excluding carboxylic acids is 3. The second-order valence-corrected chi connectivity index (χ2v) is 8.83. The summed E-state index contributed by atoms with van der Waals surface area (Å²) in [6.07, 6.45) is -3.35. The molecular formula is C19H29NO9. The topological polar surface area (TPSA) is 119 Å². The Bertz CT molecular complexity index is 686. The molecular weight excluding hydrogens is 386 g/mol. The molecule has 3 aliphatic heterocycles. The molecule has 2 bridgehead atoms. The van der Waals surface area contributed by atoms with Crippen molar-refractivity contribution in [3.05, 3.63) is 0 Å². The van der Waals surface area contributed by atoms with Crippen molar-refractivity contribution in [1.82, 2.24) is 5.32 Å². The number of nitrogens with one attached hydrogen (secondary N) is 1. The van der Waals surface area contributed by atoms with E-state index in [1.54, 1.807) is 34.6 Å². The Kier molecular flexibility index (Phi) is 5.67. The number of hydrogen-bond donors (Lipinski definition) is 1. The van der Waals surface area contributed by atoms with Gasteiger partial charge in [0, 0.05) is 6.42 Å². The molecule has 0 spiro atoms. The minimum absolute atomic E-state index is 0.121. The van der Waals surface area contributed by atoms with Crippen molar-refractivity contribution in [2.45, 2.75) is 89.0 Å². The molecule has 0 aliphatic carbocycles. The molecule has 0 radical (unpaired) electrons. The molecule has 3 aliphatic rings. The van der Waals surface area contributed by atoms with Crippen LogP contribution in [-0.2, 0) is 38.0 Å². The lowest BCUT2D eigenvalue weighted by molar-refractivity contribution is -0.201. The number of Topliss-reactive ketones (excluding diaryl/α,β-unsaturated/α-hetero) is 1. The van der Waals surface area contributed by atoms with Gasteiger partial charge in [0.05, 0.1) is 26.2 Å². The molecule has 164 valence electrons. The lowest BCUT2D eigenvalue weighted by Crippen LogP contribution is -2.71. The van der Waals surface area contributed by atoms with E-state index < -0.39 is 59.4 Å². The number of ether oxygens (including phenoxy) is 6. The van der Waals surface area contributed by atoms with Crippen LogP contribution < -0.4 is 5.32 Å². The van der Waals surface area contributed by atoms with Crippen molar-refractivity contribution in [2.24, 2.45) is 0 Å². The van der Waals surface area contributed by atoms with Crippen molar-refractivity contribution in [3.63, 3.8) is 0 Å². The van der Waals surface area contributed by atoms with E-state index in [4.69, 9.17) is 23.7 Å². The smallest absolute Gasteiger partial charge is 0.408 e. The molecule has 1 N–H and O–H groups in total. The molecule has 3 saturated heterocycles. The van der Waals surface area contributed by atoms with Gasteiger partial charge in [0.2, 0.25) is 0 Å². The van der Waals surface area contributed by atoms with Crippen molar-refractivity contribution in [3.8, 4) is 0 Å². The summed E-state index contributed by atoms with van der Waals surface area (Å²) in [5.74, 6) is -2.05. The Hall–Kier alpha value is -1.75. The number of hydrogen-bond acceptors (Lipinski definition) is 9. The summed E-state index contributed by atoms with van der Waals surface area (Å²) in [6, 6.07) is -0.923. The first-order chi connectivity index (χ1) is 13.4. The number of rotatable bonds is 5. The van der Waals surface area contributed by atoms with E-state index in [9.17, 15) is 14.4 Å². The third kappa shape index (κ3) is 4.25. The molecule has 0 aromatic heterocycles. The van der Waals surface area contributed by atoms with Crippen LogP contribution in [0.2, 0.25) is 0 Å². The van der Waals surface area contributed by atoms with Gasteiger partial charge in [0.1, 0.15) is 17.8 Å². The lowest BCUT2D eigenvalue weighted by atomic mass is 9.78. The van der Waals surface area contributed by atoms with Crippen molar-refractivity contribution in [2.75, 3.05) is 13.7 Å². The summed E-state index contributed by atoms with van der Waals surface area (Å²) >= 11 is 0. The summed E-state index contributed by atoms with van der Waals surface area (Å²) in [4.78, 5) is 37.5. The normalized spacial score (nSPS) is 35.0. The van der Waals surface area contributed by atoms with Crippen LogP contribution in [0, 0.1) is 0 Å². The Morgan fingerprint density at radius 3 is 2.48 bits per heavy atom. The quantitative estimate of drug-likeness (QED) is 0.657. The average Bonchev–Trinajstić information content (AvgIpc) is 3.15. The Morgan fingerprint density at radius 2 is 1.86 bits per heavy atom. The highest BCUT2D eigenvalue weighted by atomic mass is 16.8. The zero-order valence-corrected chi connectivity index (χ0v) is 17.6. The molecule has 3 rings (SSSR count). The first-order valence-corrected chi connectivity index (χ1v) is 9.62. The maximum Gasteiger partial charge on any atom is 0.408 e. The molecule has 10 heteroatoms. The van der Waals surface area contributed by atoms with Gasteiger partial charge in [-0.2, -0.15) is 0 Å². The third-order valence-corrected chi connectivity index (χ3v) is 4.95. The number of methoxy groups -OCH3 is 1. The van der Waals surface area contributed by atoms with Gasteiger partial charge in [0.15, 0.2) is 23.5 Å². The molecule has 29 heavy (non-hydrogen) atoms. The third-order valence-electron chi connectivity index (χ3n) is 4.95. The average molecular weight is 415 g/mol. The van der Waals surface area contributed by atoms with E-state index in [-0.39, 0.29) is 19.4 Å². The Labute approximate surface area is 169 Å². The fourth-order valence-electron chi connectivity index (χ4n) is 3.97. The van der Waals surface area contributed by atoms with E-state index in [1.165, 1.54) is 7.11 Å². The molecule has 3 fully saturated rings.